The van der Waals surface area contributed by atoms with Crippen molar-refractivity contribution in [3.63, 3.8) is 0 Å². The minimum absolute atomic E-state index is 0.0529. The maximum Gasteiger partial charge on any atom is 0.335 e. The van der Waals surface area contributed by atoms with Crippen molar-refractivity contribution in [2.45, 2.75) is 6.04 Å². The van der Waals surface area contributed by atoms with Gasteiger partial charge in [0.25, 0.3) is 11.7 Å². The third kappa shape index (κ3) is 3.86. The Morgan fingerprint density at radius 3 is 2.21 bits per heavy atom. The molecule has 0 radical (unpaired) electrons. The van der Waals surface area contributed by atoms with Crippen LogP contribution in [0, 0.1) is 0 Å². The van der Waals surface area contributed by atoms with Crippen LogP contribution >= 0.6 is 0 Å². The van der Waals surface area contributed by atoms with Gasteiger partial charge in [0.05, 0.1) is 31.4 Å². The number of carbonyl (C=O) groups is 3. The van der Waals surface area contributed by atoms with Gasteiger partial charge >= 0.3 is 5.97 Å². The smallest absolute Gasteiger partial charge is 0.335 e. The van der Waals surface area contributed by atoms with E-state index in [2.05, 4.69) is 0 Å². The molecule has 34 heavy (non-hydrogen) atoms. The molecule has 1 aliphatic heterocycles. The van der Waals surface area contributed by atoms with Crippen LogP contribution < -0.4 is 14.4 Å². The maximum absolute atomic E-state index is 13.3. The summed E-state index contributed by atoms with van der Waals surface area (Å²) in [6, 6.07) is 17.9. The molecule has 1 fully saturated rings. The Balaban J connectivity index is 2.00. The number of aromatic carboxylic acids is 1. The first kappa shape index (κ1) is 22.6. The number of amides is 1. The number of hydrogen-bond donors (Lipinski definition) is 2. The number of nitrogens with zero attached hydrogens (tertiary/aromatic N) is 1. The quantitative estimate of drug-likeness (QED) is 0.325. The van der Waals surface area contributed by atoms with Gasteiger partial charge in [-0.25, -0.2) is 4.79 Å². The number of aliphatic hydroxyl groups is 1. The Hall–Kier alpha value is -4.59. The Morgan fingerprint density at radius 1 is 0.853 bits per heavy atom. The summed E-state index contributed by atoms with van der Waals surface area (Å²) in [6.07, 6.45) is 0. The monoisotopic (exact) mass is 459 g/mol. The summed E-state index contributed by atoms with van der Waals surface area (Å²) in [4.78, 5) is 39.2. The first-order valence-electron chi connectivity index (χ1n) is 10.3. The summed E-state index contributed by atoms with van der Waals surface area (Å²) < 4.78 is 10.8. The van der Waals surface area contributed by atoms with Gasteiger partial charge in [-0.05, 0) is 30.3 Å². The number of hydrogen-bond acceptors (Lipinski definition) is 6. The molecule has 0 unspecified atom stereocenters. The number of ketones is 1. The second kappa shape index (κ2) is 9.11. The molecule has 4 rings (SSSR count). The molecule has 2 N–H and O–H groups in total. The van der Waals surface area contributed by atoms with Gasteiger partial charge in [-0.1, -0.05) is 36.4 Å². The Labute approximate surface area is 195 Å². The number of carbonyl (C=O) groups excluding carboxylic acids is 2. The molecule has 0 aromatic heterocycles. The van der Waals surface area contributed by atoms with Gasteiger partial charge in [0, 0.05) is 22.9 Å². The van der Waals surface area contributed by atoms with E-state index in [1.807, 2.05) is 0 Å². The third-order valence-corrected chi connectivity index (χ3v) is 5.60. The van der Waals surface area contributed by atoms with E-state index in [0.717, 1.165) is 0 Å². The lowest BCUT2D eigenvalue weighted by Crippen LogP contribution is -2.29. The highest BCUT2D eigenvalue weighted by Gasteiger charge is 2.48. The molecular weight excluding hydrogens is 438 g/mol. The molecule has 0 saturated carbocycles. The summed E-state index contributed by atoms with van der Waals surface area (Å²) >= 11 is 0. The first-order chi connectivity index (χ1) is 16.4. The first-order valence-corrected chi connectivity index (χ1v) is 10.3. The fourth-order valence-electron chi connectivity index (χ4n) is 3.98. The average Bonchev–Trinajstić information content (AvgIpc) is 3.13. The molecule has 0 spiro atoms. The fraction of sp³-hybridized carbons (Fsp3) is 0.115. The highest BCUT2D eigenvalue weighted by atomic mass is 16.5. The van der Waals surface area contributed by atoms with E-state index < -0.39 is 23.7 Å². The van der Waals surface area contributed by atoms with Gasteiger partial charge < -0.3 is 19.7 Å². The Bertz CT molecular complexity index is 1310. The second-order valence-corrected chi connectivity index (χ2v) is 7.50. The van der Waals surface area contributed by atoms with Crippen LogP contribution in [0.5, 0.6) is 11.5 Å². The lowest BCUT2D eigenvalue weighted by atomic mass is 9.94. The molecule has 8 heteroatoms. The molecule has 1 saturated heterocycles. The number of aliphatic hydroxyl groups excluding tert-OH is 1. The minimum Gasteiger partial charge on any atom is -0.507 e. The van der Waals surface area contributed by atoms with Gasteiger partial charge in [0.15, 0.2) is 0 Å². The zero-order chi connectivity index (χ0) is 24.4. The number of anilines is 1. The number of carboxylic acid groups (broad SMARTS) is 1. The maximum atomic E-state index is 13.3. The Morgan fingerprint density at radius 2 is 1.56 bits per heavy atom. The molecule has 3 aromatic rings. The van der Waals surface area contributed by atoms with Crippen molar-refractivity contribution in [1.82, 2.24) is 0 Å². The third-order valence-electron chi connectivity index (χ3n) is 5.60. The average molecular weight is 459 g/mol. The number of benzene rings is 3. The van der Waals surface area contributed by atoms with E-state index in [4.69, 9.17) is 9.47 Å². The molecule has 8 nitrogen and oxygen atoms in total. The van der Waals surface area contributed by atoms with E-state index in [0.29, 0.717) is 22.6 Å². The highest BCUT2D eigenvalue weighted by molar-refractivity contribution is 6.51. The van der Waals surface area contributed by atoms with Crippen molar-refractivity contribution in [3.05, 3.63) is 95.1 Å². The van der Waals surface area contributed by atoms with Crippen molar-refractivity contribution in [3.8, 4) is 11.5 Å². The topological polar surface area (TPSA) is 113 Å². The molecule has 0 bridgehead atoms. The second-order valence-electron chi connectivity index (χ2n) is 7.50. The van der Waals surface area contributed by atoms with Gasteiger partial charge in [0.2, 0.25) is 0 Å². The zero-order valence-corrected chi connectivity index (χ0v) is 18.4. The summed E-state index contributed by atoms with van der Waals surface area (Å²) in [5, 5.41) is 20.6. The van der Waals surface area contributed by atoms with Crippen LogP contribution in [0.25, 0.3) is 5.76 Å². The summed E-state index contributed by atoms with van der Waals surface area (Å²) in [6.45, 7) is 0. The van der Waals surface area contributed by atoms with Crippen molar-refractivity contribution in [1.29, 1.82) is 0 Å². The number of ether oxygens (including phenoxy) is 2. The fourth-order valence-corrected chi connectivity index (χ4v) is 3.98. The lowest BCUT2D eigenvalue weighted by Gasteiger charge is -2.27. The van der Waals surface area contributed by atoms with Gasteiger partial charge in [0.1, 0.15) is 17.3 Å². The van der Waals surface area contributed by atoms with Gasteiger partial charge in [-0.15, -0.1) is 0 Å². The van der Waals surface area contributed by atoms with Crippen LogP contribution in [0.4, 0.5) is 5.69 Å². The van der Waals surface area contributed by atoms with E-state index in [9.17, 15) is 24.6 Å². The number of Topliss-reactive ketones (excluding diaryl/α,β-unsaturated/α-hetero) is 1. The zero-order valence-electron chi connectivity index (χ0n) is 18.4. The van der Waals surface area contributed by atoms with E-state index >= 15 is 0 Å². The van der Waals surface area contributed by atoms with Gasteiger partial charge in [-0.3, -0.25) is 14.5 Å². The molecule has 3 aromatic carbocycles. The number of carboxylic acids is 1. The van der Waals surface area contributed by atoms with Crippen LogP contribution in [-0.4, -0.2) is 42.1 Å². The largest absolute Gasteiger partial charge is 0.507 e. The SMILES string of the molecule is COc1ccc([C@@H]2/C(=C(\O)c3ccccc3)C(=O)C(=O)N2c2cccc(C(=O)O)c2)c(OC)c1. The van der Waals surface area contributed by atoms with Crippen LogP contribution in [-0.2, 0) is 9.59 Å². The van der Waals surface area contributed by atoms with Crippen LogP contribution in [0.3, 0.4) is 0 Å². The molecular formula is C26H21NO7. The molecule has 172 valence electrons. The normalized spacial score (nSPS) is 17.0. The van der Waals surface area contributed by atoms with Crippen molar-refractivity contribution < 1.29 is 34.1 Å². The molecule has 1 atom stereocenters. The molecule has 1 heterocycles. The van der Waals surface area contributed by atoms with Crippen molar-refractivity contribution in [2.24, 2.45) is 0 Å². The summed E-state index contributed by atoms with van der Waals surface area (Å²) in [5.41, 5.74) is 0.776. The van der Waals surface area contributed by atoms with Crippen LogP contribution in [0.15, 0.2) is 78.4 Å². The minimum atomic E-state index is -1.18. The lowest BCUT2D eigenvalue weighted by molar-refractivity contribution is -0.132. The van der Waals surface area contributed by atoms with E-state index in [1.165, 1.54) is 43.4 Å². The standard InChI is InChI=1S/C26H21NO7/c1-33-18-11-12-19(20(14-18)34-2)22-21(23(28)15-7-4-3-5-8-15)24(29)25(30)27(22)17-10-6-9-16(13-17)26(31)32/h3-14,22,28H,1-2H3,(H,31,32)/b23-21+/t22-/m1/s1. The molecule has 1 aliphatic rings. The van der Waals surface area contributed by atoms with E-state index in [-0.39, 0.29) is 22.6 Å². The molecule has 1 amide bonds. The predicted octanol–water partition coefficient (Wildman–Crippen LogP) is 4.03. The number of methoxy groups -OCH3 is 2. The summed E-state index contributed by atoms with van der Waals surface area (Å²) in [7, 11) is 2.93. The van der Waals surface area contributed by atoms with Crippen molar-refractivity contribution in [2.75, 3.05) is 19.1 Å². The van der Waals surface area contributed by atoms with Crippen molar-refractivity contribution >= 4 is 29.1 Å². The number of rotatable bonds is 6. The van der Waals surface area contributed by atoms with Gasteiger partial charge in [-0.2, -0.15) is 0 Å². The molecule has 0 aliphatic carbocycles. The predicted molar refractivity (Wildman–Crippen MR) is 124 cm³/mol. The van der Waals surface area contributed by atoms with E-state index in [1.54, 1.807) is 48.5 Å². The highest BCUT2D eigenvalue weighted by Crippen LogP contribution is 2.45. The summed E-state index contributed by atoms with van der Waals surface area (Å²) in [5.74, 6) is -2.51. The Kier molecular flexibility index (Phi) is 6.05. The van der Waals surface area contributed by atoms with Crippen LogP contribution in [0.2, 0.25) is 0 Å². The van der Waals surface area contributed by atoms with Crippen LogP contribution in [0.1, 0.15) is 27.5 Å².